The predicted octanol–water partition coefficient (Wildman–Crippen LogP) is 5.22. The van der Waals surface area contributed by atoms with Gasteiger partial charge in [-0.25, -0.2) is 8.42 Å². The molecule has 2 amide bonds. The first kappa shape index (κ1) is 29.9. The van der Waals surface area contributed by atoms with E-state index in [4.69, 9.17) is 0 Å². The number of benzene rings is 3. The van der Waals surface area contributed by atoms with Gasteiger partial charge in [0.1, 0.15) is 12.6 Å². The third kappa shape index (κ3) is 7.69. The van der Waals surface area contributed by atoms with Crippen LogP contribution in [0.4, 0.5) is 5.69 Å². The molecule has 2 atom stereocenters. The summed E-state index contributed by atoms with van der Waals surface area (Å²) in [5.74, 6) is -0.707. The Labute approximate surface area is 232 Å². The van der Waals surface area contributed by atoms with Crippen LogP contribution in [0.5, 0.6) is 0 Å². The molecule has 0 aromatic heterocycles. The van der Waals surface area contributed by atoms with E-state index in [9.17, 15) is 18.0 Å². The lowest BCUT2D eigenvalue weighted by Gasteiger charge is -2.33. The van der Waals surface area contributed by atoms with Crippen molar-refractivity contribution in [1.82, 2.24) is 10.2 Å². The predicted molar refractivity (Wildman–Crippen MR) is 156 cm³/mol. The van der Waals surface area contributed by atoms with Crippen LogP contribution in [0, 0.1) is 13.8 Å². The van der Waals surface area contributed by atoms with Crippen molar-refractivity contribution >= 4 is 27.5 Å². The fraction of sp³-hybridized carbons (Fsp3) is 0.355. The van der Waals surface area contributed by atoms with Crippen LogP contribution in [-0.4, -0.2) is 43.8 Å². The molecule has 1 N–H and O–H groups in total. The van der Waals surface area contributed by atoms with Gasteiger partial charge in [-0.15, -0.1) is 0 Å². The third-order valence-electron chi connectivity index (χ3n) is 6.79. The Hall–Kier alpha value is -3.65. The van der Waals surface area contributed by atoms with E-state index < -0.39 is 28.5 Å². The summed E-state index contributed by atoms with van der Waals surface area (Å²) in [4.78, 5) is 28.9. The quantitative estimate of drug-likeness (QED) is 0.336. The molecule has 3 aromatic carbocycles. The van der Waals surface area contributed by atoms with Gasteiger partial charge >= 0.3 is 0 Å². The van der Waals surface area contributed by atoms with E-state index in [1.807, 2.05) is 58.9 Å². The van der Waals surface area contributed by atoms with E-state index in [2.05, 4.69) is 5.32 Å². The van der Waals surface area contributed by atoms with E-state index in [-0.39, 0.29) is 23.4 Å². The van der Waals surface area contributed by atoms with Crippen molar-refractivity contribution in [1.29, 1.82) is 0 Å². The summed E-state index contributed by atoms with van der Waals surface area (Å²) in [7, 11) is -4.07. The molecular weight excluding hydrogens is 510 g/mol. The zero-order valence-electron chi connectivity index (χ0n) is 23.4. The monoisotopic (exact) mass is 549 g/mol. The van der Waals surface area contributed by atoms with Gasteiger partial charge in [0.2, 0.25) is 11.8 Å². The smallest absolute Gasteiger partial charge is 0.264 e. The highest BCUT2D eigenvalue weighted by Crippen LogP contribution is 2.25. The number of carbonyl (C=O) groups excluding carboxylic acids is 2. The van der Waals surface area contributed by atoms with E-state index >= 15 is 0 Å². The van der Waals surface area contributed by atoms with Crippen molar-refractivity contribution in [2.75, 3.05) is 10.8 Å². The lowest BCUT2D eigenvalue weighted by atomic mass is 10.1. The van der Waals surface area contributed by atoms with Crippen molar-refractivity contribution in [2.24, 2.45) is 0 Å². The number of hydrogen-bond donors (Lipinski definition) is 1. The van der Waals surface area contributed by atoms with Gasteiger partial charge < -0.3 is 10.2 Å². The second-order valence-electron chi connectivity index (χ2n) is 9.91. The summed E-state index contributed by atoms with van der Waals surface area (Å²) < 4.78 is 28.8. The van der Waals surface area contributed by atoms with Crippen molar-refractivity contribution in [3.8, 4) is 0 Å². The Morgan fingerprint density at radius 3 is 1.92 bits per heavy atom. The molecule has 0 aliphatic heterocycles. The molecule has 8 heteroatoms. The molecule has 0 fully saturated rings. The Balaban J connectivity index is 2.02. The van der Waals surface area contributed by atoms with Crippen LogP contribution in [0.3, 0.4) is 0 Å². The van der Waals surface area contributed by atoms with Gasteiger partial charge in [-0.3, -0.25) is 13.9 Å². The molecule has 0 aliphatic carbocycles. The van der Waals surface area contributed by atoms with E-state index in [1.165, 1.54) is 4.90 Å². The second kappa shape index (κ2) is 13.4. The molecule has 0 radical (unpaired) electrons. The standard InChI is InChI=1S/C31H39N3O4S/c1-6-25(5)32-31(36)29(7-2)33(21-26-17-13-23(3)14-18-26)30(35)22-34(27-11-9-8-10-12-27)39(37,38)28-19-15-24(4)16-20-28/h8-20,25,29H,6-7,21-22H2,1-5H3,(H,32,36). The van der Waals surface area contributed by atoms with E-state index in [0.29, 0.717) is 12.1 Å². The first-order chi connectivity index (χ1) is 18.6. The summed E-state index contributed by atoms with van der Waals surface area (Å²) in [5, 5.41) is 2.99. The minimum absolute atomic E-state index is 0.0504. The zero-order chi connectivity index (χ0) is 28.6. The van der Waals surface area contributed by atoms with Crippen molar-refractivity contribution in [3.05, 3.63) is 95.6 Å². The maximum absolute atomic E-state index is 14.0. The van der Waals surface area contributed by atoms with Gasteiger partial charge in [-0.1, -0.05) is 79.6 Å². The van der Waals surface area contributed by atoms with Crippen molar-refractivity contribution < 1.29 is 18.0 Å². The summed E-state index contributed by atoms with van der Waals surface area (Å²) >= 11 is 0. The van der Waals surface area contributed by atoms with Crippen LogP contribution in [0.2, 0.25) is 0 Å². The summed E-state index contributed by atoms with van der Waals surface area (Å²) in [6.45, 7) is 9.35. The Morgan fingerprint density at radius 1 is 0.821 bits per heavy atom. The van der Waals surface area contributed by atoms with Crippen LogP contribution in [0.25, 0.3) is 0 Å². The average molecular weight is 550 g/mol. The van der Waals surface area contributed by atoms with Gasteiger partial charge in [-0.2, -0.15) is 0 Å². The van der Waals surface area contributed by atoms with Crippen molar-refractivity contribution in [2.45, 2.75) is 71.0 Å². The SMILES string of the molecule is CCC(C)NC(=O)C(CC)N(Cc1ccc(C)cc1)C(=O)CN(c1ccccc1)S(=O)(=O)c1ccc(C)cc1. The summed E-state index contributed by atoms with van der Waals surface area (Å²) in [6.07, 6.45) is 1.14. The lowest BCUT2D eigenvalue weighted by molar-refractivity contribution is -0.140. The highest BCUT2D eigenvalue weighted by atomic mass is 32.2. The third-order valence-corrected chi connectivity index (χ3v) is 8.58. The van der Waals surface area contributed by atoms with Crippen LogP contribution in [0.15, 0.2) is 83.8 Å². The fourth-order valence-electron chi connectivity index (χ4n) is 4.21. The van der Waals surface area contributed by atoms with Crippen LogP contribution in [0.1, 0.15) is 50.3 Å². The fourth-order valence-corrected chi connectivity index (χ4v) is 5.63. The molecular formula is C31H39N3O4S. The Bertz CT molecular complexity index is 1340. The lowest BCUT2D eigenvalue weighted by Crippen LogP contribution is -2.53. The first-order valence-electron chi connectivity index (χ1n) is 13.4. The molecule has 39 heavy (non-hydrogen) atoms. The minimum atomic E-state index is -4.07. The number of anilines is 1. The van der Waals surface area contributed by atoms with E-state index in [0.717, 1.165) is 27.4 Å². The van der Waals surface area contributed by atoms with E-state index in [1.54, 1.807) is 54.6 Å². The summed E-state index contributed by atoms with van der Waals surface area (Å²) in [6, 6.07) is 22.1. The van der Waals surface area contributed by atoms with Crippen LogP contribution in [-0.2, 0) is 26.2 Å². The highest BCUT2D eigenvalue weighted by Gasteiger charge is 2.33. The maximum atomic E-state index is 14.0. The van der Waals surface area contributed by atoms with Gasteiger partial charge in [0, 0.05) is 12.6 Å². The van der Waals surface area contributed by atoms with Gasteiger partial charge in [0.05, 0.1) is 10.6 Å². The molecule has 0 saturated carbocycles. The minimum Gasteiger partial charge on any atom is -0.352 e. The molecule has 3 rings (SSSR count). The number of rotatable bonds is 12. The number of sulfonamides is 1. The normalized spacial score (nSPS) is 12.8. The van der Waals surface area contributed by atoms with Crippen LogP contribution >= 0.6 is 0 Å². The molecule has 208 valence electrons. The Kier molecular flexibility index (Phi) is 10.3. The van der Waals surface area contributed by atoms with Crippen LogP contribution < -0.4 is 9.62 Å². The molecule has 0 saturated heterocycles. The molecule has 2 unspecified atom stereocenters. The zero-order valence-corrected chi connectivity index (χ0v) is 24.2. The van der Waals surface area contributed by atoms with Gasteiger partial charge in [0.25, 0.3) is 10.0 Å². The molecule has 3 aromatic rings. The molecule has 0 bridgehead atoms. The van der Waals surface area contributed by atoms with Crippen molar-refractivity contribution in [3.63, 3.8) is 0 Å². The molecule has 0 spiro atoms. The molecule has 0 aliphatic rings. The number of amides is 2. The number of nitrogens with one attached hydrogen (secondary N) is 1. The second-order valence-corrected chi connectivity index (χ2v) is 11.8. The van der Waals surface area contributed by atoms with Gasteiger partial charge in [-0.05, 0) is 63.4 Å². The topological polar surface area (TPSA) is 86.8 Å². The summed E-state index contributed by atoms with van der Waals surface area (Å²) in [5.41, 5.74) is 3.24. The molecule has 0 heterocycles. The number of hydrogen-bond acceptors (Lipinski definition) is 4. The first-order valence-corrected chi connectivity index (χ1v) is 14.8. The number of nitrogens with zero attached hydrogens (tertiary/aromatic N) is 2. The molecule has 7 nitrogen and oxygen atoms in total. The highest BCUT2D eigenvalue weighted by molar-refractivity contribution is 7.92. The van der Waals surface area contributed by atoms with Gasteiger partial charge in [0.15, 0.2) is 0 Å². The number of carbonyl (C=O) groups is 2. The number of para-hydroxylation sites is 1. The largest absolute Gasteiger partial charge is 0.352 e. The maximum Gasteiger partial charge on any atom is 0.264 e. The number of aryl methyl sites for hydroxylation is 2. The Morgan fingerprint density at radius 2 is 1.38 bits per heavy atom. The average Bonchev–Trinajstić information content (AvgIpc) is 2.93.